The van der Waals surface area contributed by atoms with Crippen molar-refractivity contribution in [2.45, 2.75) is 44.2 Å². The summed E-state index contributed by atoms with van der Waals surface area (Å²) in [5, 5.41) is 11.8. The molecule has 11 heteroatoms. The van der Waals surface area contributed by atoms with E-state index >= 15 is 0 Å². The summed E-state index contributed by atoms with van der Waals surface area (Å²) in [5.41, 5.74) is 10.5. The summed E-state index contributed by atoms with van der Waals surface area (Å²) in [6.07, 6.45) is 2.32. The molecule has 1 unspecified atom stereocenters. The molecule has 2 rings (SSSR count). The lowest BCUT2D eigenvalue weighted by molar-refractivity contribution is -0.142. The molecule has 11 nitrogen and oxygen atoms in total. The van der Waals surface area contributed by atoms with Crippen molar-refractivity contribution in [3.8, 4) is 11.5 Å². The Bertz CT molecular complexity index is 823. The number of aliphatic imine (C=N–C) groups is 1. The molecule has 0 spiro atoms. The lowest BCUT2D eigenvalue weighted by Crippen LogP contribution is -2.43. The van der Waals surface area contributed by atoms with Gasteiger partial charge in [0.1, 0.15) is 6.04 Å². The molecule has 1 aromatic rings. The van der Waals surface area contributed by atoms with Crippen LogP contribution in [0.25, 0.3) is 0 Å². The predicted molar refractivity (Wildman–Crippen MR) is 117 cm³/mol. The van der Waals surface area contributed by atoms with Crippen molar-refractivity contribution in [2.24, 2.45) is 16.5 Å². The molecule has 176 valence electrons. The highest BCUT2D eigenvalue weighted by atomic mass is 16.5. The first-order valence-corrected chi connectivity index (χ1v) is 10.4. The molecule has 6 N–H and O–H groups in total. The fourth-order valence-corrected chi connectivity index (χ4v) is 3.11. The van der Waals surface area contributed by atoms with Gasteiger partial charge in [0.15, 0.2) is 24.1 Å². The number of carbonyl (C=O) groups excluding carboxylic acids is 2. The summed E-state index contributed by atoms with van der Waals surface area (Å²) >= 11 is 0. The number of carboxylic acid groups (broad SMARTS) is 1. The first-order chi connectivity index (χ1) is 15.3. The van der Waals surface area contributed by atoms with Gasteiger partial charge in [0, 0.05) is 25.6 Å². The second-order valence-corrected chi connectivity index (χ2v) is 7.41. The largest absolute Gasteiger partial charge is 0.493 e. The summed E-state index contributed by atoms with van der Waals surface area (Å²) < 4.78 is 10.8. The van der Waals surface area contributed by atoms with Gasteiger partial charge >= 0.3 is 5.97 Å². The molecular weight excluding hydrogens is 418 g/mol. The number of carboxylic acids is 1. The molecule has 1 aliphatic rings. The number of nitrogens with one attached hydrogen (secondary N) is 1. The van der Waals surface area contributed by atoms with Crippen molar-refractivity contribution >= 4 is 23.7 Å². The lowest BCUT2D eigenvalue weighted by atomic mass is 10.1. The van der Waals surface area contributed by atoms with Gasteiger partial charge in [-0.1, -0.05) is 12.1 Å². The van der Waals surface area contributed by atoms with Gasteiger partial charge in [0.05, 0.1) is 7.11 Å². The van der Waals surface area contributed by atoms with Crippen molar-refractivity contribution in [3.05, 3.63) is 24.3 Å². The average molecular weight is 450 g/mol. The van der Waals surface area contributed by atoms with Gasteiger partial charge in [-0.25, -0.2) is 4.79 Å². The summed E-state index contributed by atoms with van der Waals surface area (Å²) in [7, 11) is 1.52. The van der Waals surface area contributed by atoms with Crippen molar-refractivity contribution in [3.63, 3.8) is 0 Å². The molecule has 2 amide bonds. The van der Waals surface area contributed by atoms with E-state index in [0.29, 0.717) is 17.9 Å². The Hall–Kier alpha value is -3.50. The highest BCUT2D eigenvalue weighted by molar-refractivity contribution is 5.84. The normalized spacial score (nSPS) is 13.5. The van der Waals surface area contributed by atoms with E-state index in [0.717, 1.165) is 12.8 Å². The first kappa shape index (κ1) is 24.8. The second-order valence-electron chi connectivity index (χ2n) is 7.41. The number of guanidine groups is 1. The molecule has 1 aliphatic carbocycles. The highest BCUT2D eigenvalue weighted by Gasteiger charge is 2.33. The molecule has 1 atom stereocenters. The predicted octanol–water partition coefficient (Wildman–Crippen LogP) is 0.0781. The number of hydrogen-bond acceptors (Lipinski definition) is 6. The minimum Gasteiger partial charge on any atom is -0.493 e. The summed E-state index contributed by atoms with van der Waals surface area (Å²) in [4.78, 5) is 41.8. The van der Waals surface area contributed by atoms with Crippen molar-refractivity contribution in [1.29, 1.82) is 0 Å². The molecule has 1 fully saturated rings. The Morgan fingerprint density at radius 3 is 2.53 bits per heavy atom. The first-order valence-electron chi connectivity index (χ1n) is 10.4. The zero-order valence-electron chi connectivity index (χ0n) is 18.2. The van der Waals surface area contributed by atoms with Crippen molar-refractivity contribution in [2.75, 3.05) is 26.8 Å². The van der Waals surface area contributed by atoms with Crippen molar-refractivity contribution < 1.29 is 29.0 Å². The van der Waals surface area contributed by atoms with Crippen LogP contribution in [-0.4, -0.2) is 72.6 Å². The van der Waals surface area contributed by atoms with Crippen molar-refractivity contribution in [1.82, 2.24) is 10.2 Å². The van der Waals surface area contributed by atoms with Crippen LogP contribution < -0.4 is 26.3 Å². The Labute approximate surface area is 186 Å². The minimum atomic E-state index is -1.14. The highest BCUT2D eigenvalue weighted by Crippen LogP contribution is 2.28. The van der Waals surface area contributed by atoms with Crippen LogP contribution in [0.15, 0.2) is 29.3 Å². The summed E-state index contributed by atoms with van der Waals surface area (Å²) in [6.45, 7) is 0.282. The van der Waals surface area contributed by atoms with Crippen LogP contribution in [0.3, 0.4) is 0 Å². The van der Waals surface area contributed by atoms with E-state index in [1.165, 1.54) is 7.11 Å². The Morgan fingerprint density at radius 2 is 1.94 bits per heavy atom. The third kappa shape index (κ3) is 8.32. The number of ether oxygens (including phenoxy) is 2. The topological polar surface area (TPSA) is 170 Å². The van der Waals surface area contributed by atoms with Crippen LogP contribution in [0.5, 0.6) is 11.5 Å². The molecule has 1 aromatic carbocycles. The van der Waals surface area contributed by atoms with Gasteiger partial charge in [-0.2, -0.15) is 0 Å². The van der Waals surface area contributed by atoms with Crippen LogP contribution in [-0.2, 0) is 14.4 Å². The van der Waals surface area contributed by atoms with Crippen LogP contribution >= 0.6 is 0 Å². The number of nitrogens with zero attached hydrogens (tertiary/aromatic N) is 2. The average Bonchev–Trinajstić information content (AvgIpc) is 3.59. The van der Waals surface area contributed by atoms with E-state index in [1.807, 2.05) is 0 Å². The quantitative estimate of drug-likeness (QED) is 0.176. The maximum Gasteiger partial charge on any atom is 0.326 e. The van der Waals surface area contributed by atoms with E-state index in [9.17, 15) is 19.5 Å². The van der Waals surface area contributed by atoms with Gasteiger partial charge in [-0.3, -0.25) is 14.6 Å². The van der Waals surface area contributed by atoms with Crippen LogP contribution in [0.2, 0.25) is 0 Å². The molecule has 0 radical (unpaired) electrons. The van der Waals surface area contributed by atoms with Crippen LogP contribution in [0.1, 0.15) is 32.1 Å². The third-order valence-electron chi connectivity index (χ3n) is 4.89. The number of amides is 2. The fourth-order valence-electron chi connectivity index (χ4n) is 3.11. The molecule has 0 saturated heterocycles. The van der Waals surface area contributed by atoms with E-state index in [2.05, 4.69) is 10.3 Å². The molecule has 0 aliphatic heterocycles. The van der Waals surface area contributed by atoms with E-state index in [1.54, 1.807) is 29.2 Å². The number of hydrogen-bond donors (Lipinski definition) is 4. The number of para-hydroxylation sites is 2. The molecule has 32 heavy (non-hydrogen) atoms. The van der Waals surface area contributed by atoms with Gasteiger partial charge in [-0.05, 0) is 37.8 Å². The number of methoxy groups -OCH3 is 1. The lowest BCUT2D eigenvalue weighted by Gasteiger charge is -2.23. The Balaban J connectivity index is 1.83. The smallest absolute Gasteiger partial charge is 0.326 e. The number of benzene rings is 1. The van der Waals surface area contributed by atoms with Gasteiger partial charge < -0.3 is 36.3 Å². The fraction of sp³-hybridized carbons (Fsp3) is 0.524. The maximum atomic E-state index is 12.7. The number of carbonyl (C=O) groups is 3. The van der Waals surface area contributed by atoms with Gasteiger partial charge in [0.2, 0.25) is 5.91 Å². The zero-order chi connectivity index (χ0) is 23.5. The summed E-state index contributed by atoms with van der Waals surface area (Å²) in [6, 6.07) is 6.05. The van der Waals surface area contributed by atoms with Crippen LogP contribution in [0.4, 0.5) is 0 Å². The molecule has 0 bridgehead atoms. The SMILES string of the molecule is COc1ccccc1OCC(=O)N(CCC(=O)NC(CCCN=C(N)N)C(=O)O)C1CC1. The second kappa shape index (κ2) is 12.4. The molecule has 0 heterocycles. The Morgan fingerprint density at radius 1 is 1.25 bits per heavy atom. The van der Waals surface area contributed by atoms with E-state index < -0.39 is 17.9 Å². The van der Waals surface area contributed by atoms with Gasteiger partial charge in [0.25, 0.3) is 5.91 Å². The van der Waals surface area contributed by atoms with E-state index in [4.69, 9.17) is 20.9 Å². The minimum absolute atomic E-state index is 0.00538. The van der Waals surface area contributed by atoms with E-state index in [-0.39, 0.29) is 50.4 Å². The van der Waals surface area contributed by atoms with Crippen LogP contribution in [0, 0.1) is 0 Å². The monoisotopic (exact) mass is 449 g/mol. The standard InChI is InChI=1S/C21H31N5O6/c1-31-16-6-2-3-7-17(16)32-13-19(28)26(14-8-9-14)12-10-18(27)25-15(20(29)30)5-4-11-24-21(22)23/h2-3,6-7,14-15H,4-5,8-13H2,1H3,(H,25,27)(H,29,30)(H4,22,23,24). The number of nitrogens with two attached hydrogens (primary N) is 2. The molecule has 1 saturated carbocycles. The zero-order valence-corrected chi connectivity index (χ0v) is 18.2. The number of rotatable bonds is 14. The van der Waals surface area contributed by atoms with Gasteiger partial charge in [-0.15, -0.1) is 0 Å². The Kier molecular flexibility index (Phi) is 9.58. The maximum absolute atomic E-state index is 12.7. The number of aliphatic carboxylic acids is 1. The third-order valence-corrected chi connectivity index (χ3v) is 4.89. The molecular formula is C21H31N5O6. The molecule has 0 aromatic heterocycles. The summed E-state index contributed by atoms with van der Waals surface area (Å²) in [5.74, 6) is -0.899.